The van der Waals surface area contributed by atoms with Crippen LogP contribution in [0.4, 0.5) is 5.69 Å². The fourth-order valence-electron chi connectivity index (χ4n) is 0.712. The minimum atomic E-state index is 0.942. The third-order valence-electron chi connectivity index (χ3n) is 1.22. The van der Waals surface area contributed by atoms with E-state index in [0.29, 0.717) is 0 Å². The highest BCUT2D eigenvalue weighted by molar-refractivity contribution is 5.50. The lowest BCUT2D eigenvalue weighted by Gasteiger charge is -1.82. The smallest absolute Gasteiger partial charge is 0.264 e. The molecule has 0 atom stereocenters. The first-order valence-corrected chi connectivity index (χ1v) is 3.12. The molecule has 0 radical (unpaired) electrons. The van der Waals surface area contributed by atoms with Crippen molar-refractivity contribution in [2.24, 2.45) is 0 Å². The highest BCUT2D eigenvalue weighted by Crippen LogP contribution is 2.14. The van der Waals surface area contributed by atoms with Gasteiger partial charge in [-0.05, 0) is 11.8 Å². The lowest BCUT2D eigenvalue weighted by molar-refractivity contribution is 1.28. The van der Waals surface area contributed by atoms with Gasteiger partial charge >= 0.3 is 5.69 Å². The molecule has 1 aromatic heterocycles. The Morgan fingerprint density at radius 1 is 1.60 bits per heavy atom. The number of hydrogen-bond acceptors (Lipinski definition) is 1. The SMILES string of the molecule is CC#[N+]c1ccncc1C. The molecule has 0 saturated heterocycles. The zero-order valence-electron chi connectivity index (χ0n) is 6.13. The second kappa shape index (κ2) is 2.98. The zero-order chi connectivity index (χ0) is 7.40. The van der Waals surface area contributed by atoms with Crippen LogP contribution in [-0.2, 0) is 0 Å². The first-order valence-electron chi connectivity index (χ1n) is 3.12. The molecule has 0 spiro atoms. The molecule has 0 unspecified atom stereocenters. The molecule has 0 saturated carbocycles. The van der Waals surface area contributed by atoms with Gasteiger partial charge in [-0.2, -0.15) is 0 Å². The standard InChI is InChI=1S/C8H9N2/c1-3-10-8-4-5-9-6-7(8)2/h4-6H,1-2H3/q+1. The van der Waals surface area contributed by atoms with Crippen molar-refractivity contribution < 1.29 is 0 Å². The van der Waals surface area contributed by atoms with Crippen LogP contribution in [0.1, 0.15) is 12.5 Å². The Morgan fingerprint density at radius 3 is 3.00 bits per heavy atom. The van der Waals surface area contributed by atoms with Crippen LogP contribution >= 0.6 is 0 Å². The van der Waals surface area contributed by atoms with E-state index in [-0.39, 0.29) is 0 Å². The van der Waals surface area contributed by atoms with Crippen molar-refractivity contribution in [3.8, 4) is 6.07 Å². The van der Waals surface area contributed by atoms with Gasteiger partial charge < -0.3 is 0 Å². The minimum Gasteiger partial charge on any atom is -0.264 e. The molecule has 0 aliphatic carbocycles. The van der Waals surface area contributed by atoms with E-state index in [9.17, 15) is 0 Å². The predicted molar refractivity (Wildman–Crippen MR) is 41.6 cm³/mol. The summed E-state index contributed by atoms with van der Waals surface area (Å²) in [5.74, 6) is 0. The summed E-state index contributed by atoms with van der Waals surface area (Å²) in [5.41, 5.74) is 2.02. The van der Waals surface area contributed by atoms with Gasteiger partial charge in [0.2, 0.25) is 0 Å². The van der Waals surface area contributed by atoms with Gasteiger partial charge in [0.1, 0.15) is 0 Å². The number of aromatic nitrogens is 1. The van der Waals surface area contributed by atoms with Gasteiger partial charge in [0.05, 0.1) is 12.5 Å². The Morgan fingerprint density at radius 2 is 2.40 bits per heavy atom. The van der Waals surface area contributed by atoms with Crippen LogP contribution in [-0.4, -0.2) is 4.98 Å². The van der Waals surface area contributed by atoms with E-state index >= 15 is 0 Å². The molecule has 0 amide bonds. The van der Waals surface area contributed by atoms with E-state index in [1.807, 2.05) is 13.0 Å². The fourth-order valence-corrected chi connectivity index (χ4v) is 0.712. The summed E-state index contributed by atoms with van der Waals surface area (Å²) in [6.45, 7) is 3.75. The van der Waals surface area contributed by atoms with Gasteiger partial charge in [-0.3, -0.25) is 4.98 Å². The van der Waals surface area contributed by atoms with Crippen LogP contribution in [0.5, 0.6) is 0 Å². The van der Waals surface area contributed by atoms with E-state index in [4.69, 9.17) is 0 Å². The van der Waals surface area contributed by atoms with Crippen molar-refractivity contribution in [2.75, 3.05) is 0 Å². The fraction of sp³-hybridized carbons (Fsp3) is 0.250. The zero-order valence-corrected chi connectivity index (χ0v) is 6.13. The average Bonchev–Trinajstić information content (AvgIpc) is 1.94. The Hall–Kier alpha value is -1.36. The summed E-state index contributed by atoms with van der Waals surface area (Å²) in [6, 6.07) is 4.59. The van der Waals surface area contributed by atoms with Crippen molar-refractivity contribution in [1.82, 2.24) is 4.98 Å². The van der Waals surface area contributed by atoms with Crippen LogP contribution in [0.15, 0.2) is 18.5 Å². The Balaban J connectivity index is 3.11. The third-order valence-corrected chi connectivity index (χ3v) is 1.22. The van der Waals surface area contributed by atoms with Crippen molar-refractivity contribution in [1.29, 1.82) is 0 Å². The summed E-state index contributed by atoms with van der Waals surface area (Å²) in [5, 5.41) is 0. The molecule has 50 valence electrons. The Bertz CT molecular complexity index is 281. The summed E-state index contributed by atoms with van der Waals surface area (Å²) in [4.78, 5) is 7.96. The van der Waals surface area contributed by atoms with Gasteiger partial charge in [-0.15, -0.1) is 0 Å². The number of aryl methyl sites for hydroxylation is 1. The van der Waals surface area contributed by atoms with E-state index in [0.717, 1.165) is 11.3 Å². The normalized spacial score (nSPS) is 8.20. The molecule has 0 aliphatic rings. The van der Waals surface area contributed by atoms with E-state index in [2.05, 4.69) is 15.9 Å². The van der Waals surface area contributed by atoms with Gasteiger partial charge in [0.15, 0.2) is 0 Å². The molecule has 0 aliphatic heterocycles. The van der Waals surface area contributed by atoms with Crippen LogP contribution in [0.3, 0.4) is 0 Å². The Kier molecular flexibility index (Phi) is 2.01. The molecule has 1 rings (SSSR count). The number of nitrogens with zero attached hydrogens (tertiary/aromatic N) is 2. The second-order valence-electron chi connectivity index (χ2n) is 2.00. The van der Waals surface area contributed by atoms with Gasteiger partial charge in [-0.1, -0.05) is 0 Å². The lowest BCUT2D eigenvalue weighted by atomic mass is 10.3. The van der Waals surface area contributed by atoms with Crippen molar-refractivity contribution in [3.05, 3.63) is 28.9 Å². The van der Waals surface area contributed by atoms with Gasteiger partial charge in [0.25, 0.3) is 6.07 Å². The van der Waals surface area contributed by atoms with Crippen molar-refractivity contribution >= 4 is 5.69 Å². The molecule has 1 aromatic rings. The topological polar surface area (TPSA) is 17.2 Å². The molecule has 0 N–H and O–H groups in total. The monoisotopic (exact) mass is 133 g/mol. The molecule has 0 aromatic carbocycles. The van der Waals surface area contributed by atoms with Crippen LogP contribution in [0, 0.1) is 13.0 Å². The largest absolute Gasteiger partial charge is 0.346 e. The maximum absolute atomic E-state index is 4.02. The molecule has 2 nitrogen and oxygen atoms in total. The van der Waals surface area contributed by atoms with Crippen molar-refractivity contribution in [2.45, 2.75) is 13.8 Å². The molecular formula is C8H9N2+. The lowest BCUT2D eigenvalue weighted by Crippen LogP contribution is -1.73. The highest BCUT2D eigenvalue weighted by atomic mass is 14.7. The summed E-state index contributed by atoms with van der Waals surface area (Å²) in [7, 11) is 0. The summed E-state index contributed by atoms with van der Waals surface area (Å²) < 4.78 is 0. The Labute approximate surface area is 60.3 Å². The summed E-state index contributed by atoms with van der Waals surface area (Å²) >= 11 is 0. The third kappa shape index (κ3) is 1.32. The van der Waals surface area contributed by atoms with Crippen LogP contribution in [0.2, 0.25) is 0 Å². The van der Waals surface area contributed by atoms with Crippen molar-refractivity contribution in [3.63, 3.8) is 0 Å². The predicted octanol–water partition coefficient (Wildman–Crippen LogP) is 2.37. The molecule has 1 heterocycles. The molecule has 10 heavy (non-hydrogen) atoms. The van der Waals surface area contributed by atoms with Gasteiger partial charge in [0, 0.05) is 18.5 Å². The highest BCUT2D eigenvalue weighted by Gasteiger charge is 2.02. The first-order chi connectivity index (χ1) is 4.84. The number of pyridine rings is 1. The van der Waals surface area contributed by atoms with E-state index in [1.165, 1.54) is 0 Å². The molecule has 0 fully saturated rings. The average molecular weight is 133 g/mol. The molecule has 0 bridgehead atoms. The van der Waals surface area contributed by atoms with E-state index in [1.54, 1.807) is 19.3 Å². The van der Waals surface area contributed by atoms with E-state index < -0.39 is 0 Å². The van der Waals surface area contributed by atoms with Crippen LogP contribution < -0.4 is 0 Å². The first kappa shape index (κ1) is 6.76. The second-order valence-corrected chi connectivity index (χ2v) is 2.00. The molecular weight excluding hydrogens is 124 g/mol. The number of hydrogen-bond donors (Lipinski definition) is 0. The summed E-state index contributed by atoms with van der Waals surface area (Å²) in [6.07, 6.45) is 3.51. The quantitative estimate of drug-likeness (QED) is 0.531. The minimum absolute atomic E-state index is 0.942. The van der Waals surface area contributed by atoms with Crippen LogP contribution in [0.25, 0.3) is 4.85 Å². The van der Waals surface area contributed by atoms with Gasteiger partial charge in [-0.25, -0.2) is 0 Å². The molecule has 2 heteroatoms. The number of rotatable bonds is 0. The maximum atomic E-state index is 4.02. The maximum Gasteiger partial charge on any atom is 0.346 e.